The molecule has 0 spiro atoms. The van der Waals surface area contributed by atoms with Gasteiger partial charge in [0.15, 0.2) is 5.96 Å². The summed E-state index contributed by atoms with van der Waals surface area (Å²) in [5.41, 5.74) is 8.39. The summed E-state index contributed by atoms with van der Waals surface area (Å²) in [5, 5.41) is 1.90. The third-order valence-corrected chi connectivity index (χ3v) is 4.18. The molecule has 0 radical (unpaired) electrons. The van der Waals surface area contributed by atoms with Gasteiger partial charge in [-0.05, 0) is 37.1 Å². The molecule has 1 unspecified atom stereocenters. The quantitative estimate of drug-likeness (QED) is 0.431. The number of benzene rings is 1. The molecule has 0 amide bonds. The van der Waals surface area contributed by atoms with E-state index >= 15 is 0 Å². The topological polar surface area (TPSA) is 66.6 Å². The maximum atomic E-state index is 6.08. The summed E-state index contributed by atoms with van der Waals surface area (Å²) >= 11 is 6.07. The number of fused-ring (bicyclic) bond motifs is 1. The van der Waals surface area contributed by atoms with Crippen LogP contribution < -0.4 is 5.73 Å². The molecule has 1 aliphatic heterocycles. The zero-order chi connectivity index (χ0) is 15.5. The molecule has 1 aliphatic rings. The highest BCUT2D eigenvalue weighted by molar-refractivity contribution is 14.0. The number of aromatic nitrogens is 1. The number of hydrogen-bond donors (Lipinski definition) is 2. The van der Waals surface area contributed by atoms with Crippen molar-refractivity contribution in [2.75, 3.05) is 26.2 Å². The van der Waals surface area contributed by atoms with Crippen LogP contribution in [0.1, 0.15) is 12.5 Å². The van der Waals surface area contributed by atoms with Gasteiger partial charge in [0.25, 0.3) is 0 Å². The minimum atomic E-state index is 0. The highest BCUT2D eigenvalue weighted by atomic mass is 127. The molecule has 5 nitrogen and oxygen atoms in total. The predicted molar refractivity (Wildman–Crippen MR) is 106 cm³/mol. The highest BCUT2D eigenvalue weighted by Crippen LogP contribution is 2.22. The van der Waals surface area contributed by atoms with Gasteiger partial charge >= 0.3 is 0 Å². The van der Waals surface area contributed by atoms with E-state index < -0.39 is 0 Å². The minimum absolute atomic E-state index is 0. The van der Waals surface area contributed by atoms with Crippen LogP contribution >= 0.6 is 35.6 Å². The van der Waals surface area contributed by atoms with Crippen molar-refractivity contribution in [1.29, 1.82) is 0 Å². The standard InChI is InChI=1S/C16H21ClN4O.HI/c1-11-10-21(6-7-22-11)16(18)19-5-4-12-9-20-15-3-2-13(17)8-14(12)15;/h2-3,8-9,11,20H,4-7,10H2,1H3,(H2,18,19);1H. The molecule has 23 heavy (non-hydrogen) atoms. The number of rotatable bonds is 3. The van der Waals surface area contributed by atoms with E-state index in [0.29, 0.717) is 19.1 Å². The smallest absolute Gasteiger partial charge is 0.191 e. The second-order valence-corrected chi connectivity index (χ2v) is 6.06. The molecule has 1 saturated heterocycles. The first-order chi connectivity index (χ1) is 10.6. The summed E-state index contributed by atoms with van der Waals surface area (Å²) in [6.07, 6.45) is 3.06. The number of hydrogen-bond acceptors (Lipinski definition) is 2. The van der Waals surface area contributed by atoms with E-state index in [0.717, 1.165) is 35.4 Å². The molecule has 2 heterocycles. The Balaban J connectivity index is 0.00000192. The molecule has 3 rings (SSSR count). The molecule has 126 valence electrons. The Morgan fingerprint density at radius 1 is 1.52 bits per heavy atom. The molecule has 1 aromatic heterocycles. The van der Waals surface area contributed by atoms with Crippen LogP contribution in [0.4, 0.5) is 0 Å². The Bertz CT molecular complexity index is 688. The van der Waals surface area contributed by atoms with E-state index in [1.54, 1.807) is 0 Å². The molecule has 0 aliphatic carbocycles. The molecule has 0 bridgehead atoms. The van der Waals surface area contributed by atoms with Crippen molar-refractivity contribution in [3.05, 3.63) is 35.0 Å². The average molecular weight is 449 g/mol. The number of aromatic amines is 1. The molecule has 1 atom stereocenters. The van der Waals surface area contributed by atoms with Crippen LogP contribution in [0.3, 0.4) is 0 Å². The summed E-state index contributed by atoms with van der Waals surface area (Å²) in [6.45, 7) is 5.03. The van der Waals surface area contributed by atoms with E-state index in [4.69, 9.17) is 22.1 Å². The maximum absolute atomic E-state index is 6.08. The first-order valence-corrected chi connectivity index (χ1v) is 7.93. The van der Waals surface area contributed by atoms with Crippen LogP contribution in [0, 0.1) is 0 Å². The van der Waals surface area contributed by atoms with Crippen LogP contribution in [0.5, 0.6) is 0 Å². The Hall–Kier alpha value is -0.990. The normalized spacial score (nSPS) is 19.0. The summed E-state index contributed by atoms with van der Waals surface area (Å²) in [5.74, 6) is 0.605. The first kappa shape index (κ1) is 18.4. The van der Waals surface area contributed by atoms with Gasteiger partial charge in [-0.25, -0.2) is 0 Å². The van der Waals surface area contributed by atoms with Gasteiger partial charge in [0.05, 0.1) is 12.7 Å². The van der Waals surface area contributed by atoms with E-state index in [1.165, 1.54) is 5.56 Å². The highest BCUT2D eigenvalue weighted by Gasteiger charge is 2.17. The van der Waals surface area contributed by atoms with Gasteiger partial charge in [-0.15, -0.1) is 24.0 Å². The lowest BCUT2D eigenvalue weighted by atomic mass is 10.1. The lowest BCUT2D eigenvalue weighted by Gasteiger charge is -2.31. The molecule has 7 heteroatoms. The fourth-order valence-corrected chi connectivity index (χ4v) is 2.95. The first-order valence-electron chi connectivity index (χ1n) is 7.55. The van der Waals surface area contributed by atoms with Crippen molar-refractivity contribution < 1.29 is 4.74 Å². The van der Waals surface area contributed by atoms with Gasteiger partial charge in [-0.3, -0.25) is 4.99 Å². The number of H-pyrrole nitrogens is 1. The molecule has 1 aromatic carbocycles. The second-order valence-electron chi connectivity index (χ2n) is 5.62. The molecular formula is C16H22ClIN4O. The zero-order valence-electron chi connectivity index (χ0n) is 13.1. The SMILES string of the molecule is CC1CN(C(N)=NCCc2c[nH]c3ccc(Cl)cc23)CCO1.I. The van der Waals surface area contributed by atoms with E-state index in [-0.39, 0.29) is 30.1 Å². The van der Waals surface area contributed by atoms with Crippen LogP contribution in [0.25, 0.3) is 10.9 Å². The number of morpholine rings is 1. The Morgan fingerprint density at radius 2 is 2.35 bits per heavy atom. The number of nitrogens with zero attached hydrogens (tertiary/aromatic N) is 2. The number of nitrogens with two attached hydrogens (primary N) is 1. The Kier molecular flexibility index (Phi) is 6.55. The van der Waals surface area contributed by atoms with Crippen molar-refractivity contribution in [2.45, 2.75) is 19.4 Å². The third-order valence-electron chi connectivity index (χ3n) is 3.95. The number of guanidine groups is 1. The lowest BCUT2D eigenvalue weighted by molar-refractivity contribution is 0.00530. The summed E-state index contributed by atoms with van der Waals surface area (Å²) in [7, 11) is 0. The molecule has 3 N–H and O–H groups in total. The van der Waals surface area contributed by atoms with E-state index in [2.05, 4.69) is 21.8 Å². The van der Waals surface area contributed by atoms with Gasteiger partial charge in [0.2, 0.25) is 0 Å². The zero-order valence-corrected chi connectivity index (χ0v) is 16.2. The third kappa shape index (κ3) is 4.51. The van der Waals surface area contributed by atoms with Gasteiger partial charge in [0, 0.05) is 41.8 Å². The van der Waals surface area contributed by atoms with Crippen molar-refractivity contribution in [2.24, 2.45) is 10.7 Å². The van der Waals surface area contributed by atoms with Crippen molar-refractivity contribution >= 4 is 52.4 Å². The van der Waals surface area contributed by atoms with Crippen LogP contribution in [0.2, 0.25) is 5.02 Å². The summed E-state index contributed by atoms with van der Waals surface area (Å²) in [6, 6.07) is 5.87. The monoisotopic (exact) mass is 448 g/mol. The Labute approximate surface area is 158 Å². The average Bonchev–Trinajstić information content (AvgIpc) is 2.89. The van der Waals surface area contributed by atoms with Crippen LogP contribution in [0.15, 0.2) is 29.4 Å². The second kappa shape index (κ2) is 8.21. The van der Waals surface area contributed by atoms with Crippen LogP contribution in [-0.4, -0.2) is 48.2 Å². The van der Waals surface area contributed by atoms with Gasteiger partial charge in [0.1, 0.15) is 0 Å². The van der Waals surface area contributed by atoms with E-state index in [1.807, 2.05) is 24.4 Å². The number of nitrogens with one attached hydrogen (secondary N) is 1. The summed E-state index contributed by atoms with van der Waals surface area (Å²) in [4.78, 5) is 9.85. The predicted octanol–water partition coefficient (Wildman–Crippen LogP) is 3.02. The van der Waals surface area contributed by atoms with Gasteiger partial charge in [-0.2, -0.15) is 0 Å². The van der Waals surface area contributed by atoms with Gasteiger partial charge in [-0.1, -0.05) is 11.6 Å². The lowest BCUT2D eigenvalue weighted by Crippen LogP contribution is -2.47. The molecule has 1 fully saturated rings. The fourth-order valence-electron chi connectivity index (χ4n) is 2.77. The molecule has 2 aromatic rings. The van der Waals surface area contributed by atoms with Crippen molar-refractivity contribution in [3.8, 4) is 0 Å². The van der Waals surface area contributed by atoms with E-state index in [9.17, 15) is 0 Å². The minimum Gasteiger partial charge on any atom is -0.375 e. The molecule has 0 saturated carbocycles. The number of halogens is 2. The number of aliphatic imine (C=N–C) groups is 1. The Morgan fingerprint density at radius 3 is 3.13 bits per heavy atom. The van der Waals surface area contributed by atoms with Crippen molar-refractivity contribution in [1.82, 2.24) is 9.88 Å². The largest absolute Gasteiger partial charge is 0.375 e. The number of ether oxygens (including phenoxy) is 1. The van der Waals surface area contributed by atoms with Crippen molar-refractivity contribution in [3.63, 3.8) is 0 Å². The fraction of sp³-hybridized carbons (Fsp3) is 0.438. The maximum Gasteiger partial charge on any atom is 0.191 e. The molecular weight excluding hydrogens is 427 g/mol. The summed E-state index contributed by atoms with van der Waals surface area (Å²) < 4.78 is 5.51. The van der Waals surface area contributed by atoms with Gasteiger partial charge < -0.3 is 20.4 Å². The van der Waals surface area contributed by atoms with Crippen LogP contribution in [-0.2, 0) is 11.2 Å².